The van der Waals surface area contributed by atoms with Crippen molar-refractivity contribution in [3.05, 3.63) is 81.9 Å². The Labute approximate surface area is 348 Å². The van der Waals surface area contributed by atoms with E-state index in [-0.39, 0.29) is 56.3 Å². The Balaban J connectivity index is 1.34. The Morgan fingerprint density at radius 3 is 1.98 bits per heavy atom. The molecule has 2 heterocycles. The van der Waals surface area contributed by atoms with Gasteiger partial charge in [0.05, 0.1) is 31.9 Å². The third kappa shape index (κ3) is 13.0. The minimum absolute atomic E-state index is 0.00334. The number of ether oxygens (including phenoxy) is 2. The number of nitrogen functional groups attached to an aromatic ring is 1. The molecule has 0 unspecified atom stereocenters. The number of hydrogen-bond donors (Lipinski definition) is 4. The predicted molar refractivity (Wildman–Crippen MR) is 223 cm³/mol. The lowest BCUT2D eigenvalue weighted by Gasteiger charge is -2.33. The first-order valence-corrected chi connectivity index (χ1v) is 20.3. The zero-order valence-corrected chi connectivity index (χ0v) is 34.3. The SMILES string of the molecule is Cc1c(N)cccc1-c1cccc(/C=C/c2cc(OCCOCCN3CCN(CC(=O)O)CCN(CC(=O)O)CC3)c(CN3CCCC[C@H]3C(=O)O)cc2C(F)(F)F)c1C. The van der Waals surface area contributed by atoms with Gasteiger partial charge < -0.3 is 30.5 Å². The smallest absolute Gasteiger partial charge is 0.417 e. The Morgan fingerprint density at radius 2 is 1.37 bits per heavy atom. The quantitative estimate of drug-likeness (QED) is 0.0747. The molecule has 2 aliphatic heterocycles. The molecule has 16 heteroatoms. The first kappa shape index (κ1) is 46.1. The van der Waals surface area contributed by atoms with E-state index in [1.165, 1.54) is 12.1 Å². The van der Waals surface area contributed by atoms with Crippen LogP contribution in [-0.4, -0.2) is 144 Å². The van der Waals surface area contributed by atoms with Crippen molar-refractivity contribution in [2.75, 3.05) is 91.0 Å². The van der Waals surface area contributed by atoms with Crippen LogP contribution in [-0.2, 0) is 31.8 Å². The number of carboxylic acids is 3. The molecule has 0 bridgehead atoms. The lowest BCUT2D eigenvalue weighted by atomic mass is 9.92. The summed E-state index contributed by atoms with van der Waals surface area (Å²) in [6, 6.07) is 12.9. The molecule has 0 aliphatic carbocycles. The average Bonchev–Trinajstić information content (AvgIpc) is 3.27. The van der Waals surface area contributed by atoms with Gasteiger partial charge in [-0.25, -0.2) is 0 Å². The number of alkyl halides is 3. The first-order valence-electron chi connectivity index (χ1n) is 20.3. The number of carboxylic acid groups (broad SMARTS) is 3. The number of benzene rings is 3. The Hall–Kier alpha value is -5.00. The average molecular weight is 840 g/mol. The molecule has 326 valence electrons. The molecule has 1 atom stereocenters. The summed E-state index contributed by atoms with van der Waals surface area (Å²) in [6.45, 7) is 7.68. The molecule has 5 rings (SSSR count). The van der Waals surface area contributed by atoms with Gasteiger partial charge in [0.2, 0.25) is 0 Å². The standard InChI is InChI=1S/C44H56F3N5O8/c1-30-32(7-5-8-35(30)36-9-6-10-38(48)31(36)2)12-13-33-26-40(34(25-37(33)44(45,46)47)27-52-14-4-3-11-39(52)43(57)58)60-24-23-59-22-21-49-15-17-50(28-41(53)54)19-20-51(18-16-49)29-42(55)56/h5-10,12-13,25-26,39H,3-4,11,14-24,27-29,48H2,1-2H3,(H,53,54)(H,55,56)(H,57,58)/b13-12+/t39-/m0/s1. The number of halogens is 3. The number of piperidine rings is 1. The zero-order valence-electron chi connectivity index (χ0n) is 34.3. The van der Waals surface area contributed by atoms with E-state index in [2.05, 4.69) is 4.90 Å². The molecule has 2 fully saturated rings. The van der Waals surface area contributed by atoms with Crippen molar-refractivity contribution in [1.82, 2.24) is 19.6 Å². The predicted octanol–water partition coefficient (Wildman–Crippen LogP) is 5.67. The number of nitrogens with zero attached hydrogens (tertiary/aromatic N) is 4. The monoisotopic (exact) mass is 839 g/mol. The summed E-state index contributed by atoms with van der Waals surface area (Å²) in [7, 11) is 0. The van der Waals surface area contributed by atoms with Crippen LogP contribution in [0.1, 0.15) is 52.6 Å². The minimum Gasteiger partial charge on any atom is -0.491 e. The van der Waals surface area contributed by atoms with E-state index in [4.69, 9.17) is 15.2 Å². The van der Waals surface area contributed by atoms with Gasteiger partial charge in [-0.3, -0.25) is 34.0 Å². The van der Waals surface area contributed by atoms with Gasteiger partial charge in [-0.1, -0.05) is 48.9 Å². The second-order valence-corrected chi connectivity index (χ2v) is 15.4. The van der Waals surface area contributed by atoms with E-state index >= 15 is 0 Å². The van der Waals surface area contributed by atoms with E-state index in [1.807, 2.05) is 50.2 Å². The molecule has 2 aliphatic rings. The van der Waals surface area contributed by atoms with Crippen LogP contribution >= 0.6 is 0 Å². The van der Waals surface area contributed by atoms with E-state index in [1.54, 1.807) is 20.8 Å². The van der Waals surface area contributed by atoms with Gasteiger partial charge in [0.1, 0.15) is 18.4 Å². The summed E-state index contributed by atoms with van der Waals surface area (Å²) in [5, 5.41) is 28.6. The highest BCUT2D eigenvalue weighted by molar-refractivity contribution is 5.81. The van der Waals surface area contributed by atoms with Crippen LogP contribution in [0.2, 0.25) is 0 Å². The molecular formula is C44H56F3N5O8. The highest BCUT2D eigenvalue weighted by Gasteiger charge is 2.35. The Kier molecular flexibility index (Phi) is 16.5. The fraction of sp³-hybridized carbons (Fsp3) is 0.477. The summed E-state index contributed by atoms with van der Waals surface area (Å²) < 4.78 is 56.5. The van der Waals surface area contributed by atoms with Crippen LogP contribution in [0.3, 0.4) is 0 Å². The van der Waals surface area contributed by atoms with E-state index in [9.17, 15) is 42.9 Å². The maximum Gasteiger partial charge on any atom is 0.417 e. The van der Waals surface area contributed by atoms with Gasteiger partial charge in [-0.2, -0.15) is 13.2 Å². The number of rotatable bonds is 17. The summed E-state index contributed by atoms with van der Waals surface area (Å²) in [6.07, 6.45) is 0.183. The first-order chi connectivity index (χ1) is 28.6. The van der Waals surface area contributed by atoms with Gasteiger partial charge in [0, 0.05) is 63.6 Å². The van der Waals surface area contributed by atoms with Crippen molar-refractivity contribution in [3.63, 3.8) is 0 Å². The molecule has 60 heavy (non-hydrogen) atoms. The third-order valence-corrected chi connectivity index (χ3v) is 11.2. The number of likely N-dealkylation sites (tertiary alicyclic amines) is 1. The van der Waals surface area contributed by atoms with Crippen LogP contribution < -0.4 is 10.5 Å². The van der Waals surface area contributed by atoms with Gasteiger partial charge in [-0.05, 0) is 84.8 Å². The molecule has 3 aromatic carbocycles. The minimum atomic E-state index is -4.72. The van der Waals surface area contributed by atoms with Crippen molar-refractivity contribution in [3.8, 4) is 16.9 Å². The number of nitrogens with two attached hydrogens (primary N) is 1. The summed E-state index contributed by atoms with van der Waals surface area (Å²) in [5.41, 5.74) is 10.4. The number of carbonyl (C=O) groups is 3. The fourth-order valence-corrected chi connectivity index (χ4v) is 7.82. The second kappa shape index (κ2) is 21.5. The second-order valence-electron chi connectivity index (χ2n) is 15.4. The van der Waals surface area contributed by atoms with Gasteiger partial charge >= 0.3 is 24.1 Å². The maximum atomic E-state index is 14.8. The Bertz CT molecular complexity index is 1970. The van der Waals surface area contributed by atoms with E-state index < -0.39 is 35.7 Å². The molecule has 5 N–H and O–H groups in total. The van der Waals surface area contributed by atoms with Crippen LogP contribution in [0.5, 0.6) is 5.75 Å². The molecule has 2 saturated heterocycles. The lowest BCUT2D eigenvalue weighted by Crippen LogP contribution is -2.44. The van der Waals surface area contributed by atoms with Crippen molar-refractivity contribution in [2.45, 2.75) is 51.9 Å². The van der Waals surface area contributed by atoms with Crippen LogP contribution in [0.25, 0.3) is 23.3 Å². The van der Waals surface area contributed by atoms with Gasteiger partial charge in [0.15, 0.2) is 0 Å². The normalized spacial score (nSPS) is 17.9. The number of aliphatic carboxylic acids is 3. The molecule has 0 aromatic heterocycles. The summed E-state index contributed by atoms with van der Waals surface area (Å²) in [4.78, 5) is 42.3. The summed E-state index contributed by atoms with van der Waals surface area (Å²) >= 11 is 0. The Morgan fingerprint density at radius 1 is 0.767 bits per heavy atom. The molecular weight excluding hydrogens is 784 g/mol. The molecule has 0 amide bonds. The van der Waals surface area contributed by atoms with Gasteiger partial charge in [-0.15, -0.1) is 0 Å². The highest BCUT2D eigenvalue weighted by Crippen LogP contribution is 2.39. The lowest BCUT2D eigenvalue weighted by molar-refractivity contribution is -0.145. The van der Waals surface area contributed by atoms with E-state index in [0.29, 0.717) is 70.9 Å². The van der Waals surface area contributed by atoms with Crippen LogP contribution in [0, 0.1) is 13.8 Å². The van der Waals surface area contributed by atoms with Crippen molar-refractivity contribution < 1.29 is 52.3 Å². The molecule has 0 spiro atoms. The van der Waals surface area contributed by atoms with Crippen LogP contribution in [0.4, 0.5) is 18.9 Å². The maximum absolute atomic E-state index is 14.8. The van der Waals surface area contributed by atoms with Crippen molar-refractivity contribution in [1.29, 1.82) is 0 Å². The molecule has 13 nitrogen and oxygen atoms in total. The fourth-order valence-electron chi connectivity index (χ4n) is 7.82. The van der Waals surface area contributed by atoms with Crippen molar-refractivity contribution >= 4 is 35.7 Å². The van der Waals surface area contributed by atoms with E-state index in [0.717, 1.165) is 40.3 Å². The molecule has 3 aromatic rings. The van der Waals surface area contributed by atoms with Gasteiger partial charge in [0.25, 0.3) is 0 Å². The summed E-state index contributed by atoms with van der Waals surface area (Å²) in [5.74, 6) is -2.75. The topological polar surface area (TPSA) is 169 Å². The number of hydrogen-bond acceptors (Lipinski definition) is 10. The number of anilines is 1. The van der Waals surface area contributed by atoms with Crippen molar-refractivity contribution in [2.24, 2.45) is 0 Å². The zero-order chi connectivity index (χ0) is 43.4. The molecule has 0 radical (unpaired) electrons. The molecule has 0 saturated carbocycles. The third-order valence-electron chi connectivity index (χ3n) is 11.2. The van der Waals surface area contributed by atoms with Crippen LogP contribution in [0.15, 0.2) is 48.5 Å². The largest absolute Gasteiger partial charge is 0.491 e. The highest BCUT2D eigenvalue weighted by atomic mass is 19.4.